The first-order valence-corrected chi connectivity index (χ1v) is 7.06. The summed E-state index contributed by atoms with van der Waals surface area (Å²) < 4.78 is 0. The van der Waals surface area contributed by atoms with Crippen molar-refractivity contribution in [3.63, 3.8) is 0 Å². The molecule has 1 atom stereocenters. The Hall–Kier alpha value is -1.37. The van der Waals surface area contributed by atoms with Crippen molar-refractivity contribution < 1.29 is 9.59 Å². The summed E-state index contributed by atoms with van der Waals surface area (Å²) in [5.74, 6) is -1.84. The lowest BCUT2D eigenvalue weighted by molar-refractivity contribution is -0.133. The molecule has 0 heterocycles. The van der Waals surface area contributed by atoms with Crippen molar-refractivity contribution in [2.24, 2.45) is 11.3 Å². The summed E-state index contributed by atoms with van der Waals surface area (Å²) in [4.78, 5) is 24.0. The van der Waals surface area contributed by atoms with Crippen molar-refractivity contribution in [2.75, 3.05) is 0 Å². The van der Waals surface area contributed by atoms with E-state index >= 15 is 0 Å². The minimum Gasteiger partial charge on any atom is -0.352 e. The molecule has 0 aliphatic heterocycles. The highest BCUT2D eigenvalue weighted by molar-refractivity contribution is 6.04. The Balaban J connectivity index is 2.56. The van der Waals surface area contributed by atoms with Crippen LogP contribution in [-0.2, 0) is 9.59 Å². The van der Waals surface area contributed by atoms with E-state index < -0.39 is 11.8 Å². The zero-order valence-electron chi connectivity index (χ0n) is 12.2. The van der Waals surface area contributed by atoms with Crippen LogP contribution in [0.3, 0.4) is 0 Å². The van der Waals surface area contributed by atoms with Gasteiger partial charge in [0.15, 0.2) is 11.7 Å². The van der Waals surface area contributed by atoms with Crippen LogP contribution in [0.2, 0.25) is 0 Å². The van der Waals surface area contributed by atoms with Crippen LogP contribution < -0.4 is 5.32 Å². The molecule has 0 bridgehead atoms. The lowest BCUT2D eigenvalue weighted by atomic mass is 9.85. The Morgan fingerprint density at radius 1 is 1.26 bits per heavy atom. The van der Waals surface area contributed by atoms with Gasteiger partial charge in [0, 0.05) is 12.5 Å². The van der Waals surface area contributed by atoms with E-state index in [2.05, 4.69) is 5.32 Å². The number of carbonyl (C=O) groups is 2. The van der Waals surface area contributed by atoms with Gasteiger partial charge in [0.05, 0.1) is 6.07 Å². The van der Waals surface area contributed by atoms with Crippen LogP contribution in [0.1, 0.15) is 59.3 Å². The van der Waals surface area contributed by atoms with Crippen LogP contribution in [0.15, 0.2) is 0 Å². The molecule has 0 spiro atoms. The molecule has 4 nitrogen and oxygen atoms in total. The molecule has 0 aromatic heterocycles. The molecule has 0 saturated heterocycles. The first-order chi connectivity index (χ1) is 8.83. The maximum atomic E-state index is 12.0. The molecular formula is C15H24N2O2. The summed E-state index contributed by atoms with van der Waals surface area (Å²) in [5.41, 5.74) is -0.197. The quantitative estimate of drug-likeness (QED) is 0.793. The van der Waals surface area contributed by atoms with E-state index in [1.165, 1.54) is 6.42 Å². The maximum absolute atomic E-state index is 12.0. The molecule has 4 heteroatoms. The van der Waals surface area contributed by atoms with E-state index in [-0.39, 0.29) is 23.7 Å². The van der Waals surface area contributed by atoms with Gasteiger partial charge in [-0.2, -0.15) is 5.26 Å². The Bertz CT molecular complexity index is 371. The number of Topliss-reactive ketones (excluding diaryl/α,β-unsaturated/α-hetero) is 1. The summed E-state index contributed by atoms with van der Waals surface area (Å²) in [6, 6.07) is 1.99. The Morgan fingerprint density at radius 3 is 2.32 bits per heavy atom. The number of ketones is 1. The van der Waals surface area contributed by atoms with Gasteiger partial charge in [-0.1, -0.05) is 40.0 Å². The number of nitrogens with zero attached hydrogens (tertiary/aromatic N) is 1. The van der Waals surface area contributed by atoms with E-state index in [1.807, 2.05) is 26.8 Å². The highest BCUT2D eigenvalue weighted by Gasteiger charge is 2.30. The zero-order valence-corrected chi connectivity index (χ0v) is 12.2. The van der Waals surface area contributed by atoms with Gasteiger partial charge in [-0.05, 0) is 18.3 Å². The number of amides is 1. The third-order valence-corrected chi connectivity index (χ3v) is 3.37. The average Bonchev–Trinajstić information content (AvgIpc) is 2.28. The van der Waals surface area contributed by atoms with Gasteiger partial charge in [-0.25, -0.2) is 0 Å². The zero-order chi connectivity index (χ0) is 14.5. The Labute approximate surface area is 115 Å². The summed E-state index contributed by atoms with van der Waals surface area (Å²) in [5, 5.41) is 11.9. The predicted octanol–water partition coefficient (Wildman–Crippen LogP) is 2.58. The van der Waals surface area contributed by atoms with Crippen LogP contribution in [0.25, 0.3) is 0 Å². The molecule has 1 N–H and O–H groups in total. The highest BCUT2D eigenvalue weighted by atomic mass is 16.2. The minimum atomic E-state index is -1.15. The van der Waals surface area contributed by atoms with E-state index in [0.717, 1.165) is 25.7 Å². The van der Waals surface area contributed by atoms with Crippen molar-refractivity contribution in [1.82, 2.24) is 5.32 Å². The average molecular weight is 264 g/mol. The highest BCUT2D eigenvalue weighted by Crippen LogP contribution is 2.22. The molecule has 0 radical (unpaired) electrons. The van der Waals surface area contributed by atoms with Crippen molar-refractivity contribution in [3.8, 4) is 6.07 Å². The molecule has 1 aliphatic rings. The predicted molar refractivity (Wildman–Crippen MR) is 73.2 cm³/mol. The van der Waals surface area contributed by atoms with Gasteiger partial charge >= 0.3 is 0 Å². The van der Waals surface area contributed by atoms with Crippen molar-refractivity contribution >= 4 is 11.7 Å². The van der Waals surface area contributed by atoms with Gasteiger partial charge in [-0.15, -0.1) is 0 Å². The van der Waals surface area contributed by atoms with E-state index in [9.17, 15) is 9.59 Å². The fraction of sp³-hybridized carbons (Fsp3) is 0.800. The number of carbonyl (C=O) groups excluding carboxylic acids is 2. The largest absolute Gasteiger partial charge is 0.352 e. The number of rotatable bonds is 4. The van der Waals surface area contributed by atoms with Gasteiger partial charge < -0.3 is 5.32 Å². The Morgan fingerprint density at radius 2 is 1.84 bits per heavy atom. The molecule has 1 amide bonds. The second kappa shape index (κ2) is 6.70. The molecule has 1 saturated carbocycles. The van der Waals surface area contributed by atoms with Crippen molar-refractivity contribution in [1.29, 1.82) is 5.26 Å². The van der Waals surface area contributed by atoms with Gasteiger partial charge in [0.25, 0.3) is 0 Å². The molecule has 106 valence electrons. The lowest BCUT2D eigenvalue weighted by Gasteiger charge is -2.24. The first kappa shape index (κ1) is 15.7. The van der Waals surface area contributed by atoms with Crippen LogP contribution in [0.4, 0.5) is 0 Å². The third kappa shape index (κ3) is 5.42. The standard InChI is InChI=1S/C15H24N2O2/c1-15(2,3)9-13(18)12(10-16)14(19)17-11-7-5-4-6-8-11/h11-12H,4-9H2,1-3H3,(H,17,19)/t12-/m1/s1. The second-order valence-corrected chi connectivity index (χ2v) is 6.61. The van der Waals surface area contributed by atoms with Gasteiger partial charge in [-0.3, -0.25) is 9.59 Å². The minimum absolute atomic E-state index is 0.138. The fourth-order valence-corrected chi connectivity index (χ4v) is 2.43. The molecule has 0 unspecified atom stereocenters. The molecule has 1 aliphatic carbocycles. The summed E-state index contributed by atoms with van der Waals surface area (Å²) in [6.45, 7) is 5.79. The molecule has 0 aromatic rings. The smallest absolute Gasteiger partial charge is 0.245 e. The topological polar surface area (TPSA) is 70.0 Å². The number of nitriles is 1. The molecule has 1 rings (SSSR count). The van der Waals surface area contributed by atoms with Crippen molar-refractivity contribution in [3.05, 3.63) is 0 Å². The van der Waals surface area contributed by atoms with Gasteiger partial charge in [0.2, 0.25) is 5.91 Å². The SMILES string of the molecule is CC(C)(C)CC(=O)[C@@H](C#N)C(=O)NC1CCCCC1. The second-order valence-electron chi connectivity index (χ2n) is 6.61. The van der Waals surface area contributed by atoms with Crippen LogP contribution >= 0.6 is 0 Å². The summed E-state index contributed by atoms with van der Waals surface area (Å²) in [7, 11) is 0. The summed E-state index contributed by atoms with van der Waals surface area (Å²) >= 11 is 0. The van der Waals surface area contributed by atoms with Crippen LogP contribution in [-0.4, -0.2) is 17.7 Å². The third-order valence-electron chi connectivity index (χ3n) is 3.37. The number of hydrogen-bond acceptors (Lipinski definition) is 3. The molecule has 1 fully saturated rings. The fourth-order valence-electron chi connectivity index (χ4n) is 2.43. The lowest BCUT2D eigenvalue weighted by Crippen LogP contribution is -2.42. The van der Waals surface area contributed by atoms with Crippen LogP contribution in [0.5, 0.6) is 0 Å². The van der Waals surface area contributed by atoms with E-state index in [0.29, 0.717) is 0 Å². The normalized spacial score (nSPS) is 18.4. The number of nitrogens with one attached hydrogen (secondary N) is 1. The number of hydrogen-bond donors (Lipinski definition) is 1. The van der Waals surface area contributed by atoms with Crippen LogP contribution in [0, 0.1) is 22.7 Å². The monoisotopic (exact) mass is 264 g/mol. The molecule has 19 heavy (non-hydrogen) atoms. The maximum Gasteiger partial charge on any atom is 0.245 e. The molecule has 0 aromatic carbocycles. The summed E-state index contributed by atoms with van der Waals surface area (Å²) in [6.07, 6.45) is 5.59. The van der Waals surface area contributed by atoms with Crippen molar-refractivity contribution in [2.45, 2.75) is 65.3 Å². The van der Waals surface area contributed by atoms with E-state index in [1.54, 1.807) is 0 Å². The van der Waals surface area contributed by atoms with E-state index in [4.69, 9.17) is 5.26 Å². The molecular weight excluding hydrogens is 240 g/mol. The van der Waals surface area contributed by atoms with Gasteiger partial charge in [0.1, 0.15) is 0 Å². The first-order valence-electron chi connectivity index (χ1n) is 7.06. The Kier molecular flexibility index (Phi) is 5.53.